The van der Waals surface area contributed by atoms with E-state index in [1.165, 1.54) is 5.56 Å². The lowest BCUT2D eigenvalue weighted by atomic mass is 10.1. The third-order valence-electron chi connectivity index (χ3n) is 2.73. The molecule has 0 atom stereocenters. The largest absolute Gasteiger partial charge is 0.287 e. The molecule has 0 saturated heterocycles. The molecule has 3 N–H and O–H groups in total. The highest BCUT2D eigenvalue weighted by molar-refractivity contribution is 6.30. The highest BCUT2D eigenvalue weighted by Crippen LogP contribution is 2.07. The molecule has 2 nitrogen and oxygen atoms in total. The summed E-state index contributed by atoms with van der Waals surface area (Å²) < 4.78 is 0. The van der Waals surface area contributed by atoms with E-state index in [-0.39, 0.29) is 0 Å². The summed E-state index contributed by atoms with van der Waals surface area (Å²) in [5.74, 6) is 0.683. The second kappa shape index (κ2) is 6.22. The van der Waals surface area contributed by atoms with Gasteiger partial charge in [0, 0.05) is 11.4 Å². The molecule has 0 radical (unpaired) electrons. The molecule has 0 aliphatic carbocycles. The Bertz CT molecular complexity index is 518. The Morgan fingerprint density at radius 2 is 1.67 bits per heavy atom. The van der Waals surface area contributed by atoms with Gasteiger partial charge in [0.25, 0.3) is 5.84 Å². The first-order valence-corrected chi connectivity index (χ1v) is 6.29. The molecule has 0 fully saturated rings. The van der Waals surface area contributed by atoms with Gasteiger partial charge >= 0.3 is 0 Å². The average molecular weight is 260 g/mol. The van der Waals surface area contributed by atoms with Gasteiger partial charge in [-0.05, 0) is 29.8 Å². The van der Waals surface area contributed by atoms with E-state index in [0.29, 0.717) is 5.84 Å². The van der Waals surface area contributed by atoms with Gasteiger partial charge < -0.3 is 0 Å². The normalized spacial score (nSPS) is 11.5. The molecule has 18 heavy (non-hydrogen) atoms. The van der Waals surface area contributed by atoms with Crippen molar-refractivity contribution in [2.24, 2.45) is 5.73 Å². The Morgan fingerprint density at radius 1 is 1.00 bits per heavy atom. The Hall–Kier alpha value is -1.80. The number of nitrogen functional groups attached to an aromatic ring is 1. The van der Waals surface area contributed by atoms with Crippen LogP contribution in [0, 0.1) is 0 Å². The monoisotopic (exact) mass is 259 g/mol. The van der Waals surface area contributed by atoms with Gasteiger partial charge in [-0.3, -0.25) is 10.7 Å². The van der Waals surface area contributed by atoms with E-state index in [1.54, 1.807) is 0 Å². The van der Waals surface area contributed by atoms with Gasteiger partial charge in [-0.25, -0.2) is 0 Å². The van der Waals surface area contributed by atoms with Crippen molar-refractivity contribution in [2.45, 2.75) is 6.42 Å². The molecule has 0 amide bonds. The minimum Gasteiger partial charge on any atom is -0.287 e. The van der Waals surface area contributed by atoms with Crippen LogP contribution in [0.2, 0.25) is 5.02 Å². The second-order valence-corrected chi connectivity index (χ2v) is 4.52. The first kappa shape index (κ1) is 12.7. The molecule has 0 spiro atoms. The van der Waals surface area contributed by atoms with Crippen molar-refractivity contribution >= 4 is 17.4 Å². The van der Waals surface area contributed by atoms with Crippen LogP contribution in [0.1, 0.15) is 11.1 Å². The third kappa shape index (κ3) is 3.60. The van der Waals surface area contributed by atoms with Gasteiger partial charge in [0.05, 0.1) is 12.1 Å². The molecule has 0 aromatic heterocycles. The fraction of sp³-hybridized carbons (Fsp3) is 0.133. The van der Waals surface area contributed by atoms with Crippen molar-refractivity contribution < 1.29 is 4.99 Å². The smallest absolute Gasteiger partial charge is 0.272 e. The van der Waals surface area contributed by atoms with Crippen LogP contribution in [0.5, 0.6) is 0 Å². The maximum absolute atomic E-state index is 5.97. The Morgan fingerprint density at radius 3 is 2.33 bits per heavy atom. The minimum atomic E-state index is 0.683. The summed E-state index contributed by atoms with van der Waals surface area (Å²) in [5, 5.41) is 0.718. The van der Waals surface area contributed by atoms with E-state index in [1.807, 2.05) is 42.5 Å². The minimum absolute atomic E-state index is 0.683. The van der Waals surface area contributed by atoms with E-state index in [4.69, 9.17) is 17.3 Å². The quantitative estimate of drug-likeness (QED) is 0.632. The molecule has 0 heterocycles. The number of nitrogens with one attached hydrogen (secondary N) is 1. The average Bonchev–Trinajstić information content (AvgIpc) is 2.40. The van der Waals surface area contributed by atoms with Gasteiger partial charge in [0.2, 0.25) is 0 Å². The molecule has 3 heteroatoms. The topological polar surface area (TPSA) is 40.0 Å². The lowest BCUT2D eigenvalue weighted by Gasteiger charge is -1.98. The summed E-state index contributed by atoms with van der Waals surface area (Å²) in [6, 6.07) is 17.8. The van der Waals surface area contributed by atoms with Gasteiger partial charge in [0.1, 0.15) is 0 Å². The molecule has 2 aromatic carbocycles. The predicted octanol–water partition coefficient (Wildman–Crippen LogP) is 1.37. The number of rotatable bonds is 4. The first-order chi connectivity index (χ1) is 8.75. The maximum Gasteiger partial charge on any atom is 0.272 e. The van der Waals surface area contributed by atoms with E-state index >= 15 is 0 Å². The van der Waals surface area contributed by atoms with Crippen molar-refractivity contribution in [2.75, 3.05) is 6.54 Å². The lowest BCUT2D eigenvalue weighted by Crippen LogP contribution is -2.76. The highest BCUT2D eigenvalue weighted by atomic mass is 35.5. The molecule has 0 unspecified atom stereocenters. The molecule has 0 saturated carbocycles. The predicted molar refractivity (Wildman–Crippen MR) is 75.7 cm³/mol. The zero-order chi connectivity index (χ0) is 12.8. The summed E-state index contributed by atoms with van der Waals surface area (Å²) in [6.07, 6.45) is 0.954. The number of amidine groups is 1. The van der Waals surface area contributed by atoms with Crippen LogP contribution in [-0.2, 0) is 6.42 Å². The molecule has 92 valence electrons. The van der Waals surface area contributed by atoms with E-state index in [2.05, 4.69) is 17.1 Å². The Labute approximate surface area is 112 Å². The molecule has 2 aromatic rings. The zero-order valence-electron chi connectivity index (χ0n) is 10.1. The van der Waals surface area contributed by atoms with Crippen molar-refractivity contribution in [3.63, 3.8) is 0 Å². The molecule has 0 aliphatic heterocycles. The molecular weight excluding hydrogens is 244 g/mol. The van der Waals surface area contributed by atoms with Crippen LogP contribution in [0.4, 0.5) is 0 Å². The van der Waals surface area contributed by atoms with Gasteiger partial charge in [0.15, 0.2) is 0 Å². The summed E-state index contributed by atoms with van der Waals surface area (Å²) in [4.78, 5) is 3.22. The van der Waals surface area contributed by atoms with E-state index in [9.17, 15) is 0 Å². The third-order valence-corrected chi connectivity index (χ3v) is 2.98. The van der Waals surface area contributed by atoms with Gasteiger partial charge in [-0.1, -0.05) is 41.9 Å². The zero-order valence-corrected chi connectivity index (χ0v) is 10.8. The number of halogens is 1. The van der Waals surface area contributed by atoms with Crippen molar-refractivity contribution in [1.82, 2.24) is 0 Å². The van der Waals surface area contributed by atoms with E-state index in [0.717, 1.165) is 23.6 Å². The van der Waals surface area contributed by atoms with Gasteiger partial charge in [-0.2, -0.15) is 0 Å². The maximum atomic E-state index is 5.97. The number of hydrogen-bond donors (Lipinski definition) is 2. The summed E-state index contributed by atoms with van der Waals surface area (Å²) >= 11 is 5.83. The fourth-order valence-electron chi connectivity index (χ4n) is 1.72. The van der Waals surface area contributed by atoms with Crippen molar-refractivity contribution in [3.05, 3.63) is 70.7 Å². The van der Waals surface area contributed by atoms with Crippen LogP contribution in [0.25, 0.3) is 0 Å². The number of benzene rings is 2. The Balaban J connectivity index is 1.95. The van der Waals surface area contributed by atoms with Crippen molar-refractivity contribution in [3.8, 4) is 0 Å². The van der Waals surface area contributed by atoms with Crippen LogP contribution in [0.15, 0.2) is 54.6 Å². The van der Waals surface area contributed by atoms with Crippen molar-refractivity contribution in [1.29, 1.82) is 0 Å². The molecule has 0 aliphatic rings. The SMILES string of the molecule is NC(=[NH+]CCc1ccccc1)c1ccc(Cl)cc1. The van der Waals surface area contributed by atoms with Crippen LogP contribution >= 0.6 is 11.6 Å². The standard InChI is InChI=1S/C15H15ClN2/c16-14-8-6-13(7-9-14)15(17)18-11-10-12-4-2-1-3-5-12/h1-9H,10-11H2,(H2,17,18)/p+1. The fourth-order valence-corrected chi connectivity index (χ4v) is 1.84. The van der Waals surface area contributed by atoms with Crippen LogP contribution in [0.3, 0.4) is 0 Å². The lowest BCUT2D eigenvalue weighted by molar-refractivity contribution is -0.456. The van der Waals surface area contributed by atoms with Gasteiger partial charge in [-0.15, -0.1) is 0 Å². The molecule has 2 rings (SSSR count). The number of hydrogen-bond acceptors (Lipinski definition) is 0. The summed E-state index contributed by atoms with van der Waals surface area (Å²) in [5.41, 5.74) is 8.24. The summed E-state index contributed by atoms with van der Waals surface area (Å²) in [7, 11) is 0. The van der Waals surface area contributed by atoms with E-state index < -0.39 is 0 Å². The van der Waals surface area contributed by atoms with Crippen LogP contribution < -0.4 is 10.7 Å². The Kier molecular flexibility index (Phi) is 4.37. The highest BCUT2D eigenvalue weighted by Gasteiger charge is 2.03. The first-order valence-electron chi connectivity index (χ1n) is 5.92. The molecule has 0 bridgehead atoms. The second-order valence-electron chi connectivity index (χ2n) is 4.08. The number of nitrogens with two attached hydrogens (primary N) is 1. The van der Waals surface area contributed by atoms with Crippen LogP contribution in [-0.4, -0.2) is 12.4 Å². The molecular formula is C15H16ClN2+. The summed E-state index contributed by atoms with van der Waals surface area (Å²) in [6.45, 7) is 0.818.